The zero-order valence-electron chi connectivity index (χ0n) is 5.26. The average Bonchev–Trinajstić information content (AvgIpc) is 1.98. The van der Waals surface area contributed by atoms with Crippen molar-refractivity contribution in [3.8, 4) is 0 Å². The van der Waals surface area contributed by atoms with Gasteiger partial charge in [0, 0.05) is 22.0 Å². The Bertz CT molecular complexity index is 209. The van der Waals surface area contributed by atoms with Crippen LogP contribution >= 0.6 is 15.9 Å². The molecule has 0 radical (unpaired) electrons. The van der Waals surface area contributed by atoms with Crippen molar-refractivity contribution in [2.24, 2.45) is 7.05 Å². The molecule has 0 aliphatic rings. The van der Waals surface area contributed by atoms with Gasteiger partial charge in [-0.1, -0.05) is 4.85 Å². The average molecular weight is 191 g/mol. The van der Waals surface area contributed by atoms with Gasteiger partial charge in [-0.2, -0.15) is 0 Å². The molecule has 0 unspecified atom stereocenters. The van der Waals surface area contributed by atoms with Crippen LogP contribution in [0.3, 0.4) is 0 Å². The molecular weight excluding hydrogens is 184 g/mol. The number of aromatic nitrogens is 2. The highest BCUT2D eigenvalue weighted by Gasteiger charge is 2.07. The van der Waals surface area contributed by atoms with E-state index >= 15 is 0 Å². The molecular formula is C5H7BrN2O. The summed E-state index contributed by atoms with van der Waals surface area (Å²) < 4.78 is 2.08. The van der Waals surface area contributed by atoms with Crippen LogP contribution in [0, 0.1) is 12.1 Å². The lowest BCUT2D eigenvalue weighted by Gasteiger charge is -1.95. The maximum absolute atomic E-state index is 10.8. The Balaban J connectivity index is 3.29. The molecule has 1 aromatic rings. The van der Waals surface area contributed by atoms with Crippen molar-refractivity contribution in [2.45, 2.75) is 6.92 Å². The first-order valence-electron chi connectivity index (χ1n) is 2.54. The molecule has 50 valence electrons. The van der Waals surface area contributed by atoms with Gasteiger partial charge in [0.1, 0.15) is 0 Å². The lowest BCUT2D eigenvalue weighted by atomic mass is 10.5. The molecule has 0 atom stereocenters. The Morgan fingerprint density at radius 1 is 1.78 bits per heavy atom. The van der Waals surface area contributed by atoms with Crippen LogP contribution in [0.1, 0.15) is 5.69 Å². The zero-order valence-corrected chi connectivity index (χ0v) is 6.84. The molecule has 0 bridgehead atoms. The topological polar surface area (TPSA) is 31.9 Å². The molecule has 3 nitrogen and oxygen atoms in total. The quantitative estimate of drug-likeness (QED) is 0.439. The SMILES string of the molecule is Cc1cc(Br)[n+]([O-])n1C. The standard InChI is InChI=1S/C5H7BrN2O/c1-4-3-5(6)8(9)7(4)2/h3H,1-2H3. The van der Waals surface area contributed by atoms with E-state index in [0.717, 1.165) is 10.5 Å². The fraction of sp³-hybridized carbons (Fsp3) is 0.400. The van der Waals surface area contributed by atoms with Crippen LogP contribution in [0.15, 0.2) is 10.7 Å². The minimum atomic E-state index is 0.558. The Morgan fingerprint density at radius 2 is 2.33 bits per heavy atom. The normalized spacial score (nSPS) is 10.1. The van der Waals surface area contributed by atoms with Gasteiger partial charge in [0.15, 0.2) is 0 Å². The largest absolute Gasteiger partial charge is 0.595 e. The highest BCUT2D eigenvalue weighted by molar-refractivity contribution is 9.10. The molecule has 4 heteroatoms. The summed E-state index contributed by atoms with van der Waals surface area (Å²) in [4.78, 5) is 0.787. The van der Waals surface area contributed by atoms with Gasteiger partial charge >= 0.3 is 0 Å². The molecule has 0 N–H and O–H groups in total. The van der Waals surface area contributed by atoms with Crippen molar-refractivity contribution in [3.63, 3.8) is 0 Å². The highest BCUT2D eigenvalue weighted by atomic mass is 79.9. The van der Waals surface area contributed by atoms with Crippen LogP contribution in [0.4, 0.5) is 0 Å². The van der Waals surface area contributed by atoms with Gasteiger partial charge in [-0.25, -0.2) is 0 Å². The van der Waals surface area contributed by atoms with E-state index in [1.54, 1.807) is 13.1 Å². The summed E-state index contributed by atoms with van der Waals surface area (Å²) in [5.41, 5.74) is 0.942. The molecule has 0 aliphatic heterocycles. The monoisotopic (exact) mass is 190 g/mol. The Morgan fingerprint density at radius 3 is 2.44 bits per heavy atom. The lowest BCUT2D eigenvalue weighted by Crippen LogP contribution is -2.36. The number of hydrogen-bond acceptors (Lipinski definition) is 1. The zero-order chi connectivity index (χ0) is 7.02. The van der Waals surface area contributed by atoms with Gasteiger partial charge in [0.25, 0.3) is 4.60 Å². The lowest BCUT2D eigenvalue weighted by molar-refractivity contribution is -0.702. The van der Waals surface area contributed by atoms with Crippen molar-refractivity contribution in [1.29, 1.82) is 0 Å². The van der Waals surface area contributed by atoms with Crippen LogP contribution in [-0.4, -0.2) is 4.68 Å². The van der Waals surface area contributed by atoms with Crippen LogP contribution in [0.25, 0.3) is 0 Å². The predicted molar refractivity (Wildman–Crippen MR) is 36.8 cm³/mol. The van der Waals surface area contributed by atoms with Crippen molar-refractivity contribution in [1.82, 2.24) is 4.68 Å². The maximum Gasteiger partial charge on any atom is 0.286 e. The summed E-state index contributed by atoms with van der Waals surface area (Å²) in [6.45, 7) is 1.87. The Kier molecular flexibility index (Phi) is 1.48. The number of rotatable bonds is 0. The van der Waals surface area contributed by atoms with E-state index in [1.165, 1.54) is 4.68 Å². The summed E-state index contributed by atoms with van der Waals surface area (Å²) >= 11 is 3.10. The fourth-order valence-corrected chi connectivity index (χ4v) is 1.18. The minimum Gasteiger partial charge on any atom is -0.595 e. The predicted octanol–water partition coefficient (Wildman–Crippen LogP) is 0.729. The Hall–Kier alpha value is -0.510. The summed E-state index contributed by atoms with van der Waals surface area (Å²) in [5, 5.41) is 10.8. The molecule has 1 rings (SSSR count). The number of halogens is 1. The summed E-state index contributed by atoms with van der Waals surface area (Å²) in [7, 11) is 1.72. The highest BCUT2D eigenvalue weighted by Crippen LogP contribution is 2.04. The number of hydrogen-bond donors (Lipinski definition) is 0. The number of aryl methyl sites for hydroxylation is 1. The first-order valence-corrected chi connectivity index (χ1v) is 3.34. The second-order valence-corrected chi connectivity index (χ2v) is 2.72. The van der Waals surface area contributed by atoms with E-state index in [-0.39, 0.29) is 0 Å². The summed E-state index contributed by atoms with van der Waals surface area (Å²) in [6.07, 6.45) is 0. The third-order valence-electron chi connectivity index (χ3n) is 1.29. The van der Waals surface area contributed by atoms with Crippen molar-refractivity contribution < 1.29 is 4.85 Å². The van der Waals surface area contributed by atoms with Gasteiger partial charge in [0.2, 0.25) is 0 Å². The van der Waals surface area contributed by atoms with E-state index in [9.17, 15) is 5.21 Å². The summed E-state index contributed by atoms with van der Waals surface area (Å²) in [6, 6.07) is 1.77. The molecule has 1 heterocycles. The molecule has 0 fully saturated rings. The first kappa shape index (κ1) is 6.61. The van der Waals surface area contributed by atoms with E-state index in [2.05, 4.69) is 15.9 Å². The second-order valence-electron chi connectivity index (χ2n) is 1.90. The number of nitrogens with zero attached hydrogens (tertiary/aromatic N) is 2. The molecule has 0 aliphatic carbocycles. The van der Waals surface area contributed by atoms with Crippen LogP contribution < -0.4 is 4.85 Å². The molecule has 0 amide bonds. The maximum atomic E-state index is 10.8. The first-order chi connectivity index (χ1) is 4.13. The van der Waals surface area contributed by atoms with Crippen molar-refractivity contribution >= 4 is 15.9 Å². The molecule has 0 aromatic carbocycles. The third kappa shape index (κ3) is 0.941. The van der Waals surface area contributed by atoms with Gasteiger partial charge in [-0.15, -0.1) is 4.68 Å². The van der Waals surface area contributed by atoms with Crippen LogP contribution in [0.5, 0.6) is 0 Å². The van der Waals surface area contributed by atoms with E-state index in [0.29, 0.717) is 4.60 Å². The van der Waals surface area contributed by atoms with E-state index in [4.69, 9.17) is 0 Å². The third-order valence-corrected chi connectivity index (χ3v) is 1.83. The van der Waals surface area contributed by atoms with E-state index < -0.39 is 0 Å². The molecule has 1 aromatic heterocycles. The summed E-state index contributed by atoms with van der Waals surface area (Å²) in [5.74, 6) is 0. The smallest absolute Gasteiger partial charge is 0.286 e. The van der Waals surface area contributed by atoms with Gasteiger partial charge in [0.05, 0.1) is 12.7 Å². The van der Waals surface area contributed by atoms with Crippen molar-refractivity contribution in [3.05, 3.63) is 21.6 Å². The second kappa shape index (κ2) is 2.02. The van der Waals surface area contributed by atoms with Gasteiger partial charge < -0.3 is 5.21 Å². The molecule has 0 saturated carbocycles. The molecule has 9 heavy (non-hydrogen) atoms. The van der Waals surface area contributed by atoms with Crippen LogP contribution in [0.2, 0.25) is 0 Å². The van der Waals surface area contributed by atoms with E-state index in [1.807, 2.05) is 6.92 Å². The fourth-order valence-electron chi connectivity index (χ4n) is 0.608. The van der Waals surface area contributed by atoms with Gasteiger partial charge in [-0.05, 0) is 6.92 Å². The molecule has 0 saturated heterocycles. The minimum absolute atomic E-state index is 0.558. The molecule has 0 spiro atoms. The van der Waals surface area contributed by atoms with Gasteiger partial charge in [-0.3, -0.25) is 0 Å². The van der Waals surface area contributed by atoms with Crippen LogP contribution in [-0.2, 0) is 7.05 Å². The Labute approximate surface area is 61.6 Å². The van der Waals surface area contributed by atoms with Crippen molar-refractivity contribution in [2.75, 3.05) is 0 Å².